The number of nitro groups is 1. The van der Waals surface area contributed by atoms with Crippen molar-refractivity contribution in [3.63, 3.8) is 0 Å². The number of carbonyl (C=O) groups is 3. The van der Waals surface area contributed by atoms with Gasteiger partial charge in [-0.1, -0.05) is 27.4 Å². The Morgan fingerprint density at radius 2 is 1.74 bits per heavy atom. The standard InChI is InChI=1S/C28H40N2O10SSi/c1-18(2)23(26(32)37-7)29-24(31)22(25(29)41(36)19(3)16-40-42(8,9)28(4,5)6)14-15-38-27(33)39-17-20-10-12-21(13-11-20)30(34)35/h10-13,22,25H,3,14-17H2,1-2,4-9H3/t22-,25+,41?/m0/s1. The first-order valence-electron chi connectivity index (χ1n) is 13.3. The summed E-state index contributed by atoms with van der Waals surface area (Å²) in [7, 11) is -2.81. The fraction of sp³-hybridized carbons (Fsp3) is 0.536. The third-order valence-corrected chi connectivity index (χ3v) is 13.4. The van der Waals surface area contributed by atoms with Gasteiger partial charge in [0.25, 0.3) is 5.69 Å². The Hall–Kier alpha value is -3.36. The molecule has 232 valence electrons. The number of hydrogen-bond acceptors (Lipinski definition) is 10. The van der Waals surface area contributed by atoms with Crippen molar-refractivity contribution >= 4 is 42.8 Å². The summed E-state index contributed by atoms with van der Waals surface area (Å²) in [5.41, 5.74) is 0.932. The number of rotatable bonds is 13. The summed E-state index contributed by atoms with van der Waals surface area (Å²) in [4.78, 5) is 49.6. The van der Waals surface area contributed by atoms with Crippen molar-refractivity contribution in [2.45, 2.75) is 71.2 Å². The van der Waals surface area contributed by atoms with Crippen molar-refractivity contribution in [2.24, 2.45) is 5.92 Å². The van der Waals surface area contributed by atoms with Gasteiger partial charge in [0.05, 0.1) is 42.0 Å². The molecule has 2 rings (SSSR count). The number of likely N-dealkylation sites (tertiary alicyclic amines) is 1. The Balaban J connectivity index is 2.11. The maximum Gasteiger partial charge on any atom is 0.508 e. The van der Waals surface area contributed by atoms with Gasteiger partial charge in [0.1, 0.15) is 17.7 Å². The lowest BCUT2D eigenvalue weighted by Gasteiger charge is -2.47. The van der Waals surface area contributed by atoms with Crippen LogP contribution in [0.4, 0.5) is 10.5 Å². The van der Waals surface area contributed by atoms with Gasteiger partial charge in [-0.15, -0.1) is 0 Å². The van der Waals surface area contributed by atoms with E-state index in [0.29, 0.717) is 11.1 Å². The highest BCUT2D eigenvalue weighted by atomic mass is 32.2. The molecule has 1 saturated heterocycles. The summed E-state index contributed by atoms with van der Waals surface area (Å²) in [6.07, 6.45) is -0.979. The van der Waals surface area contributed by atoms with Crippen LogP contribution in [-0.2, 0) is 45.6 Å². The van der Waals surface area contributed by atoms with Gasteiger partial charge in [0.2, 0.25) is 5.91 Å². The monoisotopic (exact) mass is 624 g/mol. The van der Waals surface area contributed by atoms with Gasteiger partial charge >= 0.3 is 12.1 Å². The molecule has 0 N–H and O–H groups in total. The van der Waals surface area contributed by atoms with Crippen LogP contribution in [0.5, 0.6) is 0 Å². The van der Waals surface area contributed by atoms with E-state index in [4.69, 9.17) is 18.6 Å². The molecule has 14 heteroatoms. The summed E-state index contributed by atoms with van der Waals surface area (Å²) in [5, 5.41) is 9.74. The average molecular weight is 625 g/mol. The van der Waals surface area contributed by atoms with Crippen LogP contribution in [0, 0.1) is 16.0 Å². The molecule has 0 spiro atoms. The number of hydrogen-bond donors (Lipinski definition) is 0. The first-order valence-corrected chi connectivity index (χ1v) is 17.4. The number of amides is 1. The zero-order valence-electron chi connectivity index (χ0n) is 25.4. The molecule has 42 heavy (non-hydrogen) atoms. The van der Waals surface area contributed by atoms with Gasteiger partial charge in [-0.25, -0.2) is 9.59 Å². The van der Waals surface area contributed by atoms with Gasteiger partial charge in [-0.05, 0) is 61.7 Å². The Kier molecular flexibility index (Phi) is 11.8. The molecule has 0 bridgehead atoms. The van der Waals surface area contributed by atoms with E-state index in [1.165, 1.54) is 36.3 Å². The second-order valence-corrected chi connectivity index (χ2v) is 18.0. The van der Waals surface area contributed by atoms with Crippen molar-refractivity contribution < 1.29 is 42.2 Å². The van der Waals surface area contributed by atoms with Crippen LogP contribution < -0.4 is 0 Å². The number of ether oxygens (including phenoxy) is 3. The molecular weight excluding hydrogens is 584 g/mol. The SMILES string of the molecule is C=C(CO[Si](C)(C)C(C)(C)C)S(=O)[C@@H]1[C@@H](CCOC(=O)OCc2ccc([N+](=O)[O-])cc2)C(=O)N1C(C(=O)OC)=C(C)C. The van der Waals surface area contributed by atoms with Gasteiger partial charge in [-0.2, -0.15) is 0 Å². The molecule has 0 aliphatic carbocycles. The second-order valence-electron chi connectivity index (χ2n) is 11.5. The summed E-state index contributed by atoms with van der Waals surface area (Å²) in [6.45, 7) is 17.3. The molecular formula is C28H40N2O10SSi. The Bertz CT molecular complexity index is 1270. The molecule has 1 aliphatic rings. The van der Waals surface area contributed by atoms with Crippen LogP contribution >= 0.6 is 0 Å². The summed E-state index contributed by atoms with van der Waals surface area (Å²) in [6, 6.07) is 5.49. The lowest BCUT2D eigenvalue weighted by Crippen LogP contribution is -2.63. The van der Waals surface area contributed by atoms with Crippen LogP contribution in [0.3, 0.4) is 0 Å². The fourth-order valence-corrected chi connectivity index (χ4v) is 6.33. The highest BCUT2D eigenvalue weighted by Crippen LogP contribution is 2.40. The number of esters is 1. The van der Waals surface area contributed by atoms with Crippen LogP contribution in [0.15, 0.2) is 47.0 Å². The molecule has 1 aromatic carbocycles. The summed E-state index contributed by atoms with van der Waals surface area (Å²) < 4.78 is 35.0. The predicted molar refractivity (Wildman–Crippen MR) is 159 cm³/mol. The number of methoxy groups -OCH3 is 1. The second kappa shape index (κ2) is 14.2. The van der Waals surface area contributed by atoms with E-state index < -0.39 is 53.4 Å². The molecule has 1 unspecified atom stereocenters. The van der Waals surface area contributed by atoms with Gasteiger partial charge in [-0.3, -0.25) is 24.0 Å². The van der Waals surface area contributed by atoms with E-state index >= 15 is 0 Å². The smallest absolute Gasteiger partial charge is 0.464 e. The van der Waals surface area contributed by atoms with Crippen LogP contribution in [0.1, 0.15) is 46.6 Å². The highest BCUT2D eigenvalue weighted by Gasteiger charge is 2.54. The lowest BCUT2D eigenvalue weighted by molar-refractivity contribution is -0.384. The van der Waals surface area contributed by atoms with E-state index in [0.717, 1.165) is 0 Å². The molecule has 3 atom stereocenters. The molecule has 0 saturated carbocycles. The number of non-ortho nitro benzene ring substituents is 1. The van der Waals surface area contributed by atoms with Crippen molar-refractivity contribution in [1.29, 1.82) is 0 Å². The Labute approximate surface area is 249 Å². The third kappa shape index (κ3) is 8.35. The normalized spacial score (nSPS) is 17.5. The van der Waals surface area contributed by atoms with E-state index in [2.05, 4.69) is 40.4 Å². The molecule has 1 amide bonds. The van der Waals surface area contributed by atoms with Crippen molar-refractivity contribution in [2.75, 3.05) is 20.3 Å². The van der Waals surface area contributed by atoms with Crippen molar-refractivity contribution in [3.05, 3.63) is 62.7 Å². The first-order chi connectivity index (χ1) is 19.4. The zero-order chi connectivity index (χ0) is 32.0. The number of carbonyl (C=O) groups excluding carboxylic acids is 3. The Morgan fingerprint density at radius 1 is 1.14 bits per heavy atom. The van der Waals surface area contributed by atoms with E-state index in [9.17, 15) is 28.7 Å². The zero-order valence-corrected chi connectivity index (χ0v) is 27.2. The highest BCUT2D eigenvalue weighted by molar-refractivity contribution is 7.89. The Morgan fingerprint density at radius 3 is 2.24 bits per heavy atom. The lowest BCUT2D eigenvalue weighted by atomic mass is 9.93. The van der Waals surface area contributed by atoms with Gasteiger partial charge in [0, 0.05) is 17.0 Å². The first kappa shape index (κ1) is 34.8. The minimum atomic E-state index is -2.19. The van der Waals surface area contributed by atoms with Crippen LogP contribution in [0.2, 0.25) is 18.1 Å². The number of benzene rings is 1. The van der Waals surface area contributed by atoms with Gasteiger partial charge in [0.15, 0.2) is 8.32 Å². The number of allylic oxidation sites excluding steroid dienone is 1. The van der Waals surface area contributed by atoms with E-state index in [1.54, 1.807) is 13.8 Å². The molecule has 1 aromatic rings. The van der Waals surface area contributed by atoms with Gasteiger partial charge < -0.3 is 18.6 Å². The molecule has 1 heterocycles. The molecule has 1 fully saturated rings. The summed E-state index contributed by atoms with van der Waals surface area (Å²) >= 11 is 0. The van der Waals surface area contributed by atoms with Crippen molar-refractivity contribution in [1.82, 2.24) is 4.90 Å². The summed E-state index contributed by atoms with van der Waals surface area (Å²) in [5.74, 6) is -2.04. The maximum atomic E-state index is 13.7. The minimum Gasteiger partial charge on any atom is -0.464 e. The molecule has 0 aromatic heterocycles. The fourth-order valence-electron chi connectivity index (χ4n) is 3.79. The number of nitro benzene ring substituents is 1. The quantitative estimate of drug-likeness (QED) is 0.0717. The topological polar surface area (TPSA) is 152 Å². The minimum absolute atomic E-state index is 0.00126. The number of β-lactam (4-membered cyclic amide) rings is 1. The van der Waals surface area contributed by atoms with E-state index in [-0.39, 0.29) is 47.6 Å². The average Bonchev–Trinajstić information content (AvgIpc) is 2.91. The van der Waals surface area contributed by atoms with Crippen molar-refractivity contribution in [3.8, 4) is 0 Å². The largest absolute Gasteiger partial charge is 0.508 e. The maximum absolute atomic E-state index is 13.7. The number of nitrogens with zero attached hydrogens (tertiary/aromatic N) is 2. The van der Waals surface area contributed by atoms with Crippen LogP contribution in [0.25, 0.3) is 0 Å². The predicted octanol–water partition coefficient (Wildman–Crippen LogP) is 5.17. The molecule has 12 nitrogen and oxygen atoms in total. The molecule has 0 radical (unpaired) electrons. The molecule has 1 aliphatic heterocycles. The third-order valence-electron chi connectivity index (χ3n) is 7.30. The van der Waals surface area contributed by atoms with E-state index in [1.807, 2.05) is 0 Å². The van der Waals surface area contributed by atoms with Crippen LogP contribution in [-0.4, -0.2) is 66.1 Å².